The number of aromatic nitrogens is 1. The van der Waals surface area contributed by atoms with E-state index in [1.807, 2.05) is 19.9 Å². The number of benzene rings is 1. The molecule has 10 heteroatoms. The van der Waals surface area contributed by atoms with E-state index in [-0.39, 0.29) is 29.8 Å². The fourth-order valence-electron chi connectivity index (χ4n) is 5.64. The molecule has 0 bridgehead atoms. The third-order valence-electron chi connectivity index (χ3n) is 7.69. The Labute approximate surface area is 224 Å². The van der Waals surface area contributed by atoms with E-state index in [0.717, 1.165) is 25.0 Å². The van der Waals surface area contributed by atoms with Crippen molar-refractivity contribution in [2.24, 2.45) is 11.5 Å². The summed E-state index contributed by atoms with van der Waals surface area (Å²) in [7, 11) is 0. The molecule has 3 aromatic rings. The van der Waals surface area contributed by atoms with Gasteiger partial charge in [0.2, 0.25) is 5.91 Å². The van der Waals surface area contributed by atoms with Crippen molar-refractivity contribution in [2.75, 3.05) is 5.73 Å². The summed E-state index contributed by atoms with van der Waals surface area (Å²) in [5, 5.41) is 6.60. The van der Waals surface area contributed by atoms with Crippen molar-refractivity contribution in [1.29, 1.82) is 0 Å². The van der Waals surface area contributed by atoms with Crippen LogP contribution in [0.1, 0.15) is 77.1 Å². The van der Waals surface area contributed by atoms with Crippen molar-refractivity contribution >= 4 is 44.7 Å². The van der Waals surface area contributed by atoms with Crippen molar-refractivity contribution in [3.05, 3.63) is 70.4 Å². The summed E-state index contributed by atoms with van der Waals surface area (Å²) < 4.78 is 0.668. The maximum atomic E-state index is 14.0. The molecule has 0 spiro atoms. The molecule has 2 aliphatic rings. The van der Waals surface area contributed by atoms with Gasteiger partial charge in [-0.2, -0.15) is 0 Å². The van der Waals surface area contributed by atoms with Gasteiger partial charge in [0.1, 0.15) is 5.54 Å². The summed E-state index contributed by atoms with van der Waals surface area (Å²) in [5.41, 5.74) is 21.3. The molecule has 2 amide bonds. The van der Waals surface area contributed by atoms with E-state index in [4.69, 9.17) is 17.2 Å². The van der Waals surface area contributed by atoms with Gasteiger partial charge in [-0.15, -0.1) is 11.3 Å². The van der Waals surface area contributed by atoms with Crippen LogP contribution in [-0.4, -0.2) is 34.7 Å². The fourth-order valence-corrected chi connectivity index (χ4v) is 6.84. The molecule has 5 rings (SSSR count). The zero-order valence-electron chi connectivity index (χ0n) is 21.4. The summed E-state index contributed by atoms with van der Waals surface area (Å²) in [4.78, 5) is 44.2. The number of carbonyl (C=O) groups excluding carboxylic acids is 3. The predicted molar refractivity (Wildman–Crippen MR) is 149 cm³/mol. The number of amides is 2. The van der Waals surface area contributed by atoms with Gasteiger partial charge in [-0.25, -0.2) is 0 Å². The lowest BCUT2D eigenvalue weighted by atomic mass is 9.70. The lowest BCUT2D eigenvalue weighted by Crippen LogP contribution is -2.53. The average Bonchev–Trinajstić information content (AvgIpc) is 3.52. The number of hydrogen-bond acceptors (Lipinski definition) is 8. The highest BCUT2D eigenvalue weighted by molar-refractivity contribution is 7.21. The first-order chi connectivity index (χ1) is 18.1. The second-order valence-corrected chi connectivity index (χ2v) is 11.4. The number of carbonyl (C=O) groups is 3. The van der Waals surface area contributed by atoms with Crippen molar-refractivity contribution in [3.63, 3.8) is 0 Å². The minimum atomic E-state index is -1.52. The van der Waals surface area contributed by atoms with Gasteiger partial charge < -0.3 is 27.8 Å². The first kappa shape index (κ1) is 26.0. The van der Waals surface area contributed by atoms with Crippen LogP contribution in [0.5, 0.6) is 0 Å². The van der Waals surface area contributed by atoms with Gasteiger partial charge in [0.05, 0.1) is 15.6 Å². The molecule has 0 aliphatic heterocycles. The van der Waals surface area contributed by atoms with Crippen LogP contribution in [0.4, 0.5) is 5.69 Å². The van der Waals surface area contributed by atoms with Crippen LogP contribution in [0.2, 0.25) is 0 Å². The van der Waals surface area contributed by atoms with Gasteiger partial charge in [-0.1, -0.05) is 26.5 Å². The van der Waals surface area contributed by atoms with Gasteiger partial charge in [-0.05, 0) is 60.6 Å². The van der Waals surface area contributed by atoms with Gasteiger partial charge in [0, 0.05) is 40.6 Å². The number of rotatable bonds is 6. The van der Waals surface area contributed by atoms with Crippen LogP contribution in [-0.2, 0) is 15.1 Å². The molecule has 2 aromatic heterocycles. The number of nitrogens with zero attached hydrogens (tertiary/aromatic N) is 1. The van der Waals surface area contributed by atoms with Crippen LogP contribution in [0.3, 0.4) is 0 Å². The molecule has 0 saturated heterocycles. The Kier molecular flexibility index (Phi) is 6.58. The number of nitrogen functional groups attached to an aromatic ring is 1. The van der Waals surface area contributed by atoms with E-state index in [1.54, 1.807) is 24.4 Å². The molecule has 2 aliphatic carbocycles. The third kappa shape index (κ3) is 4.00. The largest absolute Gasteiger partial charge is 0.398 e. The molecule has 1 aromatic carbocycles. The monoisotopic (exact) mass is 532 g/mol. The molecular formula is C28H32N6O3S. The van der Waals surface area contributed by atoms with Gasteiger partial charge in [-0.3, -0.25) is 19.4 Å². The van der Waals surface area contributed by atoms with E-state index in [9.17, 15) is 14.4 Å². The van der Waals surface area contributed by atoms with Crippen molar-refractivity contribution < 1.29 is 14.4 Å². The molecule has 9 nitrogen and oxygen atoms in total. The first-order valence-electron chi connectivity index (χ1n) is 12.7. The Bertz CT molecular complexity index is 1480. The van der Waals surface area contributed by atoms with Crippen LogP contribution in [0.15, 0.2) is 43.1 Å². The normalized spacial score (nSPS) is 24.6. The number of nitrogens with two attached hydrogens (primary N) is 3. The topological polar surface area (TPSA) is 166 Å². The van der Waals surface area contributed by atoms with E-state index in [1.165, 1.54) is 17.4 Å². The number of nitrogens with one attached hydrogen (secondary N) is 2. The Balaban J connectivity index is 1.61. The molecule has 2 unspecified atom stereocenters. The molecule has 2 heterocycles. The van der Waals surface area contributed by atoms with Gasteiger partial charge in [0.15, 0.2) is 5.78 Å². The highest BCUT2D eigenvalue weighted by Gasteiger charge is 2.49. The minimum absolute atomic E-state index is 0.139. The molecule has 1 fully saturated rings. The third-order valence-corrected chi connectivity index (χ3v) is 8.95. The Morgan fingerprint density at radius 2 is 1.92 bits per heavy atom. The second kappa shape index (κ2) is 9.61. The zero-order chi connectivity index (χ0) is 27.4. The molecule has 1 saturated carbocycles. The molecule has 8 N–H and O–H groups in total. The lowest BCUT2D eigenvalue weighted by molar-refractivity contribution is -0.124. The first-order valence-corrected chi connectivity index (χ1v) is 13.5. The Morgan fingerprint density at radius 1 is 1.21 bits per heavy atom. The number of hydrogen-bond donors (Lipinski definition) is 5. The van der Waals surface area contributed by atoms with Crippen LogP contribution in [0, 0.1) is 0 Å². The summed E-state index contributed by atoms with van der Waals surface area (Å²) in [5.74, 6) is -0.898. The van der Waals surface area contributed by atoms with Crippen molar-refractivity contribution in [2.45, 2.75) is 62.7 Å². The Hall–Kier alpha value is -3.60. The quantitative estimate of drug-likeness (QED) is 0.240. The van der Waals surface area contributed by atoms with Crippen molar-refractivity contribution in [1.82, 2.24) is 15.6 Å². The van der Waals surface area contributed by atoms with E-state index < -0.39 is 17.4 Å². The zero-order valence-corrected chi connectivity index (χ0v) is 22.2. The van der Waals surface area contributed by atoms with Crippen molar-refractivity contribution in [3.8, 4) is 0 Å². The van der Waals surface area contributed by atoms with E-state index in [2.05, 4.69) is 22.2 Å². The number of pyridine rings is 1. The van der Waals surface area contributed by atoms with Gasteiger partial charge >= 0.3 is 0 Å². The smallest absolute Gasteiger partial charge is 0.262 e. The Morgan fingerprint density at radius 3 is 2.61 bits per heavy atom. The highest BCUT2D eigenvalue weighted by Crippen LogP contribution is 2.49. The number of thiophene rings is 1. The molecular weight excluding hydrogens is 500 g/mol. The maximum absolute atomic E-state index is 14.0. The number of ketones is 1. The maximum Gasteiger partial charge on any atom is 0.262 e. The summed E-state index contributed by atoms with van der Waals surface area (Å²) in [6.45, 7) is 7.54. The average molecular weight is 533 g/mol. The van der Waals surface area contributed by atoms with Crippen LogP contribution < -0.4 is 27.8 Å². The number of Topliss-reactive ketones (excluding diaryl/α,β-unsaturated/α-hetero) is 1. The lowest BCUT2D eigenvalue weighted by Gasteiger charge is -2.36. The van der Waals surface area contributed by atoms with Gasteiger partial charge in [0.25, 0.3) is 5.91 Å². The molecule has 198 valence electrons. The molecule has 0 radical (unpaired) electrons. The standard InChI is InChI=1S/C28H32N6O3S/c1-4-20(35)33-17-6-5-7-18(17)34-27(37)25-22-21-15(8-9-16(29)24(21)38-25)28(31,26(36)23(22)30)14-10-11-32-19(12-14)13(2)3/h4,8-13,17-18,23H,1,5-7,29-31H2,2-3H3,(H,33,35)(H,34,37)/t17-,18-,23?,28?/m1/s1. The highest BCUT2D eigenvalue weighted by atomic mass is 32.1. The summed E-state index contributed by atoms with van der Waals surface area (Å²) in [6.07, 6.45) is 5.20. The minimum Gasteiger partial charge on any atom is -0.398 e. The summed E-state index contributed by atoms with van der Waals surface area (Å²) in [6, 6.07) is 5.47. The SMILES string of the molecule is C=CC(=O)N[C@@H]1CCC[C@H]1NC(=O)c1sc2c(N)ccc3c2c1C(N)C(=O)C3(N)c1ccnc(C(C)C)c1. The van der Waals surface area contributed by atoms with Crippen LogP contribution in [0.25, 0.3) is 10.1 Å². The fraction of sp³-hybridized carbons (Fsp3) is 0.357. The van der Waals surface area contributed by atoms with E-state index >= 15 is 0 Å². The van der Waals surface area contributed by atoms with Crippen LogP contribution >= 0.6 is 11.3 Å². The summed E-state index contributed by atoms with van der Waals surface area (Å²) >= 11 is 1.21. The number of anilines is 1. The molecule has 38 heavy (non-hydrogen) atoms. The predicted octanol–water partition coefficient (Wildman–Crippen LogP) is 2.74. The molecule has 4 atom stereocenters. The van der Waals surface area contributed by atoms with E-state index in [0.29, 0.717) is 37.3 Å². The second-order valence-electron chi connectivity index (χ2n) is 10.4.